The van der Waals surface area contributed by atoms with Crippen molar-refractivity contribution in [1.82, 2.24) is 5.32 Å². The van der Waals surface area contributed by atoms with E-state index in [4.69, 9.17) is 4.74 Å². The van der Waals surface area contributed by atoms with Crippen LogP contribution in [0.1, 0.15) is 129 Å². The number of hydrogen-bond acceptors (Lipinski definition) is 3. The van der Waals surface area contributed by atoms with Crippen molar-refractivity contribution in [3.8, 4) is 0 Å². The molecule has 1 amide bonds. The van der Waals surface area contributed by atoms with Gasteiger partial charge in [-0.05, 0) is 38.5 Å². The summed E-state index contributed by atoms with van der Waals surface area (Å²) in [6, 6.07) is -0.215. The monoisotopic (exact) mass is 423 g/mol. The molecule has 30 heavy (non-hydrogen) atoms. The van der Waals surface area contributed by atoms with Gasteiger partial charge >= 0.3 is 0 Å². The molecule has 0 spiro atoms. The zero-order valence-electron chi connectivity index (χ0n) is 19.7. The molecule has 1 aliphatic heterocycles. The number of aliphatic hydroxyl groups excluding tert-OH is 1. The summed E-state index contributed by atoms with van der Waals surface area (Å²) in [7, 11) is 0. The van der Waals surface area contributed by atoms with E-state index in [0.29, 0.717) is 19.4 Å². The van der Waals surface area contributed by atoms with Gasteiger partial charge in [-0.25, -0.2) is 0 Å². The van der Waals surface area contributed by atoms with E-state index < -0.39 is 6.29 Å². The topological polar surface area (TPSA) is 58.6 Å². The van der Waals surface area contributed by atoms with Crippen LogP contribution in [0.25, 0.3) is 0 Å². The number of ether oxygens (including phenoxy) is 1. The van der Waals surface area contributed by atoms with E-state index in [1.54, 1.807) is 0 Å². The number of hydrogen-bond donors (Lipinski definition) is 2. The van der Waals surface area contributed by atoms with Crippen LogP contribution in [0.5, 0.6) is 0 Å². The largest absolute Gasteiger partial charge is 0.366 e. The van der Waals surface area contributed by atoms with Gasteiger partial charge in [-0.3, -0.25) is 4.79 Å². The summed E-state index contributed by atoms with van der Waals surface area (Å²) in [6.45, 7) is 2.80. The maximum absolute atomic E-state index is 11.8. The van der Waals surface area contributed by atoms with Crippen molar-refractivity contribution >= 4 is 5.91 Å². The second-order valence-electron chi connectivity index (χ2n) is 8.97. The van der Waals surface area contributed by atoms with E-state index >= 15 is 0 Å². The number of carbonyl (C=O) groups is 1. The molecule has 2 N–H and O–H groups in total. The maximum Gasteiger partial charge on any atom is 0.220 e. The molecule has 0 aromatic heterocycles. The van der Waals surface area contributed by atoms with Crippen molar-refractivity contribution in [2.75, 3.05) is 6.61 Å². The van der Waals surface area contributed by atoms with Gasteiger partial charge in [0.25, 0.3) is 0 Å². The van der Waals surface area contributed by atoms with Gasteiger partial charge in [0.15, 0.2) is 6.29 Å². The first-order valence-electron chi connectivity index (χ1n) is 13.0. The molecule has 1 fully saturated rings. The van der Waals surface area contributed by atoms with Gasteiger partial charge in [0, 0.05) is 6.42 Å². The summed E-state index contributed by atoms with van der Waals surface area (Å²) in [6.07, 6.45) is 27.4. The smallest absolute Gasteiger partial charge is 0.220 e. The zero-order chi connectivity index (χ0) is 21.7. The number of allylic oxidation sites excluding steroid dienone is 2. The van der Waals surface area contributed by atoms with Gasteiger partial charge in [-0.2, -0.15) is 0 Å². The van der Waals surface area contributed by atoms with Crippen molar-refractivity contribution in [3.63, 3.8) is 0 Å². The molecule has 1 saturated heterocycles. The van der Waals surface area contributed by atoms with Crippen molar-refractivity contribution in [2.45, 2.75) is 141 Å². The minimum atomic E-state index is -0.824. The van der Waals surface area contributed by atoms with Gasteiger partial charge < -0.3 is 15.2 Å². The van der Waals surface area contributed by atoms with E-state index in [2.05, 4.69) is 24.4 Å². The first kappa shape index (κ1) is 27.2. The highest BCUT2D eigenvalue weighted by Crippen LogP contribution is 2.14. The Bertz CT molecular complexity index is 425. The van der Waals surface area contributed by atoms with E-state index in [-0.39, 0.29) is 11.9 Å². The summed E-state index contributed by atoms with van der Waals surface area (Å²) in [4.78, 5) is 11.8. The number of amides is 1. The maximum atomic E-state index is 11.8. The lowest BCUT2D eigenvalue weighted by atomic mass is 10.1. The molecular formula is C26H49NO3. The predicted octanol–water partition coefficient (Wildman–Crippen LogP) is 6.81. The summed E-state index contributed by atoms with van der Waals surface area (Å²) in [5.74, 6) is 0.0468. The molecule has 4 nitrogen and oxygen atoms in total. The molecule has 1 rings (SSSR count). The molecule has 0 aromatic rings. The number of rotatable bonds is 20. The van der Waals surface area contributed by atoms with Crippen LogP contribution in [0.4, 0.5) is 0 Å². The van der Waals surface area contributed by atoms with Crippen LogP contribution >= 0.6 is 0 Å². The molecular weight excluding hydrogens is 374 g/mol. The van der Waals surface area contributed by atoms with Crippen LogP contribution in [-0.2, 0) is 9.53 Å². The van der Waals surface area contributed by atoms with E-state index in [0.717, 1.165) is 12.8 Å². The Hall–Kier alpha value is -0.870. The van der Waals surface area contributed by atoms with Crippen LogP contribution < -0.4 is 5.32 Å². The zero-order valence-corrected chi connectivity index (χ0v) is 19.7. The molecule has 2 atom stereocenters. The Morgan fingerprint density at radius 2 is 1.33 bits per heavy atom. The highest BCUT2D eigenvalue weighted by molar-refractivity contribution is 5.76. The molecule has 1 heterocycles. The molecule has 1 aliphatic rings. The highest BCUT2D eigenvalue weighted by Gasteiger charge is 2.27. The fourth-order valence-electron chi connectivity index (χ4n) is 4.06. The quantitative estimate of drug-likeness (QED) is 0.167. The lowest BCUT2D eigenvalue weighted by molar-refractivity contribution is -0.125. The third-order valence-corrected chi connectivity index (χ3v) is 6.07. The number of aliphatic hydroxyl groups is 1. The number of unbranched alkanes of at least 4 members (excludes halogenated alkanes) is 15. The normalized spacial score (nSPS) is 19.0. The lowest BCUT2D eigenvalue weighted by Gasteiger charge is -2.14. The molecule has 0 radical (unpaired) electrons. The van der Waals surface area contributed by atoms with Gasteiger partial charge in [0.1, 0.15) is 0 Å². The highest BCUT2D eigenvalue weighted by atomic mass is 16.6. The molecule has 176 valence electrons. The van der Waals surface area contributed by atoms with Crippen molar-refractivity contribution < 1.29 is 14.6 Å². The molecule has 2 unspecified atom stereocenters. The fourth-order valence-corrected chi connectivity index (χ4v) is 4.06. The lowest BCUT2D eigenvalue weighted by Crippen LogP contribution is -2.40. The Labute approximate surface area is 186 Å². The third kappa shape index (κ3) is 15.9. The first-order chi connectivity index (χ1) is 14.7. The van der Waals surface area contributed by atoms with Crippen LogP contribution in [0.15, 0.2) is 12.2 Å². The van der Waals surface area contributed by atoms with E-state index in [9.17, 15) is 9.90 Å². The van der Waals surface area contributed by atoms with Crippen molar-refractivity contribution in [3.05, 3.63) is 12.2 Å². The Kier molecular flexibility index (Phi) is 18.2. The SMILES string of the molecule is CCCCCCCC/C=C\CCCCCCCCCCCC(=O)NC1CCOC1O. The van der Waals surface area contributed by atoms with E-state index in [1.165, 1.54) is 96.3 Å². The number of nitrogens with one attached hydrogen (secondary N) is 1. The first-order valence-corrected chi connectivity index (χ1v) is 13.0. The van der Waals surface area contributed by atoms with E-state index in [1.807, 2.05) is 0 Å². The Morgan fingerprint density at radius 3 is 1.83 bits per heavy atom. The number of carbonyl (C=O) groups excluding carboxylic acids is 1. The fraction of sp³-hybridized carbons (Fsp3) is 0.885. The van der Waals surface area contributed by atoms with Crippen LogP contribution in [0.2, 0.25) is 0 Å². The van der Waals surface area contributed by atoms with Gasteiger partial charge in [-0.1, -0.05) is 96.1 Å². The predicted molar refractivity (Wildman–Crippen MR) is 126 cm³/mol. The second kappa shape index (κ2) is 20.1. The summed E-state index contributed by atoms with van der Waals surface area (Å²) in [5.41, 5.74) is 0. The van der Waals surface area contributed by atoms with Gasteiger partial charge in [0.05, 0.1) is 12.6 Å². The molecule has 0 aliphatic carbocycles. The van der Waals surface area contributed by atoms with Crippen LogP contribution in [0, 0.1) is 0 Å². The average Bonchev–Trinajstić information content (AvgIpc) is 3.14. The average molecular weight is 424 g/mol. The molecule has 0 aromatic carbocycles. The van der Waals surface area contributed by atoms with Crippen LogP contribution in [0.3, 0.4) is 0 Å². The van der Waals surface area contributed by atoms with Crippen molar-refractivity contribution in [1.29, 1.82) is 0 Å². The minimum absolute atomic E-state index is 0.0468. The summed E-state index contributed by atoms with van der Waals surface area (Å²) >= 11 is 0. The molecule has 0 bridgehead atoms. The van der Waals surface area contributed by atoms with Gasteiger partial charge in [-0.15, -0.1) is 0 Å². The molecule has 4 heteroatoms. The Balaban J connectivity index is 1.74. The standard InChI is InChI=1S/C26H49NO3/c1-2-3-4-5-6-7-8-9-10-11-12-13-14-15-16-17-18-19-20-21-25(28)27-24-22-23-30-26(24)29/h9-10,24,26,29H,2-8,11-23H2,1H3,(H,27,28)/b10-9-. The minimum Gasteiger partial charge on any atom is -0.366 e. The van der Waals surface area contributed by atoms with Crippen LogP contribution in [-0.4, -0.2) is 30.0 Å². The molecule has 0 saturated carbocycles. The summed E-state index contributed by atoms with van der Waals surface area (Å²) in [5, 5.41) is 12.4. The third-order valence-electron chi connectivity index (χ3n) is 6.07. The Morgan fingerprint density at radius 1 is 0.833 bits per heavy atom. The second-order valence-corrected chi connectivity index (χ2v) is 8.97. The summed E-state index contributed by atoms with van der Waals surface area (Å²) < 4.78 is 5.05. The van der Waals surface area contributed by atoms with Gasteiger partial charge in [0.2, 0.25) is 5.91 Å². The van der Waals surface area contributed by atoms with Crippen molar-refractivity contribution in [2.24, 2.45) is 0 Å².